The maximum atomic E-state index is 13.0. The Balaban J connectivity index is 1.29. The fourth-order valence-electron chi connectivity index (χ4n) is 3.08. The molecular weight excluding hydrogens is 391 g/mol. The number of hydrogen-bond donors (Lipinski definition) is 1. The molecule has 1 amide bonds. The Morgan fingerprint density at radius 3 is 2.67 bits per heavy atom. The lowest BCUT2D eigenvalue weighted by Crippen LogP contribution is -2.49. The lowest BCUT2D eigenvalue weighted by atomic mass is 10.3. The molecule has 0 saturated carbocycles. The molecule has 1 N–H and O–H groups in total. The number of carbonyl (C=O) groups is 1. The van der Waals surface area contributed by atoms with Gasteiger partial charge in [-0.05, 0) is 31.2 Å². The molecule has 0 spiro atoms. The summed E-state index contributed by atoms with van der Waals surface area (Å²) in [6, 6.07) is 9.07. The van der Waals surface area contributed by atoms with Gasteiger partial charge in [-0.15, -0.1) is 0 Å². The number of halogens is 1. The Bertz CT molecular complexity index is 1000. The number of benzene rings is 1. The van der Waals surface area contributed by atoms with Crippen LogP contribution in [-0.4, -0.2) is 58.7 Å². The molecule has 0 aliphatic carbocycles. The molecule has 0 radical (unpaired) electrons. The third kappa shape index (κ3) is 5.09. The highest BCUT2D eigenvalue weighted by Gasteiger charge is 2.21. The van der Waals surface area contributed by atoms with E-state index in [1.165, 1.54) is 12.1 Å². The zero-order valence-electron chi connectivity index (χ0n) is 16.4. The van der Waals surface area contributed by atoms with E-state index in [4.69, 9.17) is 9.26 Å². The van der Waals surface area contributed by atoms with E-state index >= 15 is 0 Å². The average Bonchev–Trinajstić information content (AvgIpc) is 3.15. The van der Waals surface area contributed by atoms with Crippen molar-refractivity contribution in [3.8, 4) is 11.6 Å². The summed E-state index contributed by atoms with van der Waals surface area (Å²) in [5, 5.41) is 6.49. The van der Waals surface area contributed by atoms with Gasteiger partial charge in [0.1, 0.15) is 17.3 Å². The molecule has 0 bridgehead atoms. The standard InChI is InChI=1S/C20H21FN6O3/c1-14-12-17(25-30-14)23-18(28)13-26-8-10-27(11-9-26)20-22-7-6-19(24-20)29-16-4-2-15(21)3-5-16/h2-7,12H,8-11,13H2,1H3,(H,23,25,28). The number of piperazine rings is 1. The SMILES string of the molecule is Cc1cc(NC(=O)CN2CCN(c3nccc(Oc4ccc(F)cc4)n3)CC2)no1. The number of aryl methyl sites for hydroxylation is 1. The minimum absolute atomic E-state index is 0.136. The monoisotopic (exact) mass is 412 g/mol. The van der Waals surface area contributed by atoms with Crippen LogP contribution in [0.3, 0.4) is 0 Å². The molecule has 0 unspecified atom stereocenters. The van der Waals surface area contributed by atoms with Gasteiger partial charge >= 0.3 is 0 Å². The highest BCUT2D eigenvalue weighted by molar-refractivity contribution is 5.91. The van der Waals surface area contributed by atoms with E-state index in [9.17, 15) is 9.18 Å². The van der Waals surface area contributed by atoms with E-state index in [1.807, 2.05) is 4.90 Å². The van der Waals surface area contributed by atoms with Gasteiger partial charge in [-0.1, -0.05) is 5.16 Å². The van der Waals surface area contributed by atoms with E-state index in [-0.39, 0.29) is 18.3 Å². The maximum absolute atomic E-state index is 13.0. The number of aromatic nitrogens is 3. The highest BCUT2D eigenvalue weighted by Crippen LogP contribution is 2.21. The molecule has 1 saturated heterocycles. The highest BCUT2D eigenvalue weighted by atomic mass is 19.1. The van der Waals surface area contributed by atoms with Gasteiger partial charge in [0.2, 0.25) is 17.7 Å². The summed E-state index contributed by atoms with van der Waals surface area (Å²) < 4.78 is 23.6. The van der Waals surface area contributed by atoms with Crippen LogP contribution in [0.25, 0.3) is 0 Å². The van der Waals surface area contributed by atoms with Gasteiger partial charge in [-0.2, -0.15) is 4.98 Å². The third-order valence-corrected chi connectivity index (χ3v) is 4.57. The summed E-state index contributed by atoms with van der Waals surface area (Å²) in [6.07, 6.45) is 1.63. The number of rotatable bonds is 6. The molecule has 10 heteroatoms. The van der Waals surface area contributed by atoms with Crippen molar-refractivity contribution in [2.75, 3.05) is 42.9 Å². The lowest BCUT2D eigenvalue weighted by Gasteiger charge is -2.34. The predicted octanol–water partition coefficient (Wildman–Crippen LogP) is 2.47. The molecular formula is C20H21FN6O3. The summed E-state index contributed by atoms with van der Waals surface area (Å²) >= 11 is 0. The topological polar surface area (TPSA) is 96.6 Å². The molecule has 1 aromatic carbocycles. The van der Waals surface area contributed by atoms with Crippen LogP contribution < -0.4 is 15.0 Å². The molecule has 0 atom stereocenters. The molecule has 4 rings (SSSR count). The van der Waals surface area contributed by atoms with Crippen LogP contribution in [0.1, 0.15) is 5.76 Å². The number of nitrogens with one attached hydrogen (secondary N) is 1. The minimum Gasteiger partial charge on any atom is -0.439 e. The number of anilines is 2. The van der Waals surface area contributed by atoms with Gasteiger partial charge < -0.3 is 19.5 Å². The lowest BCUT2D eigenvalue weighted by molar-refractivity contribution is -0.117. The van der Waals surface area contributed by atoms with Crippen LogP contribution in [0.15, 0.2) is 47.1 Å². The Kier molecular flexibility index (Phi) is 5.84. The van der Waals surface area contributed by atoms with E-state index < -0.39 is 0 Å². The fourth-order valence-corrected chi connectivity index (χ4v) is 3.08. The maximum Gasteiger partial charge on any atom is 0.239 e. The Labute approximate surface area is 172 Å². The zero-order chi connectivity index (χ0) is 20.9. The molecule has 1 aliphatic heterocycles. The Morgan fingerprint density at radius 1 is 1.20 bits per heavy atom. The van der Waals surface area contributed by atoms with Crippen molar-refractivity contribution in [1.29, 1.82) is 0 Å². The Morgan fingerprint density at radius 2 is 1.97 bits per heavy atom. The molecule has 2 aromatic heterocycles. The van der Waals surface area contributed by atoms with E-state index in [2.05, 4.69) is 25.3 Å². The molecule has 3 aromatic rings. The summed E-state index contributed by atoms with van der Waals surface area (Å²) in [5.41, 5.74) is 0. The summed E-state index contributed by atoms with van der Waals surface area (Å²) in [7, 11) is 0. The van der Waals surface area contributed by atoms with Crippen molar-refractivity contribution in [1.82, 2.24) is 20.0 Å². The largest absolute Gasteiger partial charge is 0.439 e. The predicted molar refractivity (Wildman–Crippen MR) is 107 cm³/mol. The molecule has 9 nitrogen and oxygen atoms in total. The molecule has 156 valence electrons. The first kappa shape index (κ1) is 19.8. The number of carbonyl (C=O) groups excluding carboxylic acids is 1. The van der Waals surface area contributed by atoms with Crippen molar-refractivity contribution in [3.63, 3.8) is 0 Å². The zero-order valence-corrected chi connectivity index (χ0v) is 16.4. The van der Waals surface area contributed by atoms with Crippen LogP contribution in [0.2, 0.25) is 0 Å². The van der Waals surface area contributed by atoms with Crippen LogP contribution >= 0.6 is 0 Å². The average molecular weight is 412 g/mol. The normalized spacial score (nSPS) is 14.5. The van der Waals surface area contributed by atoms with Crippen molar-refractivity contribution in [2.24, 2.45) is 0 Å². The molecule has 1 aliphatic rings. The second kappa shape index (κ2) is 8.87. The summed E-state index contributed by atoms with van der Waals surface area (Å²) in [4.78, 5) is 25.0. The first-order valence-electron chi connectivity index (χ1n) is 9.52. The van der Waals surface area contributed by atoms with E-state index in [1.54, 1.807) is 37.4 Å². The smallest absolute Gasteiger partial charge is 0.239 e. The third-order valence-electron chi connectivity index (χ3n) is 4.57. The number of amides is 1. The molecule has 30 heavy (non-hydrogen) atoms. The number of nitrogens with zero attached hydrogens (tertiary/aromatic N) is 5. The summed E-state index contributed by atoms with van der Waals surface area (Å²) in [6.45, 7) is 4.78. The van der Waals surface area contributed by atoms with Crippen molar-refractivity contribution in [2.45, 2.75) is 6.92 Å². The van der Waals surface area contributed by atoms with Crippen LogP contribution in [-0.2, 0) is 4.79 Å². The minimum atomic E-state index is -0.326. The second-order valence-electron chi connectivity index (χ2n) is 6.89. The van der Waals surface area contributed by atoms with Gasteiger partial charge in [0.05, 0.1) is 6.54 Å². The van der Waals surface area contributed by atoms with Crippen LogP contribution in [0, 0.1) is 12.7 Å². The fraction of sp³-hybridized carbons (Fsp3) is 0.300. The molecule has 3 heterocycles. The van der Waals surface area contributed by atoms with E-state index in [0.717, 1.165) is 0 Å². The molecule has 1 fully saturated rings. The van der Waals surface area contributed by atoms with Gasteiger partial charge in [-0.3, -0.25) is 9.69 Å². The number of hydrogen-bond acceptors (Lipinski definition) is 8. The second-order valence-corrected chi connectivity index (χ2v) is 6.89. The number of ether oxygens (including phenoxy) is 1. The van der Waals surface area contributed by atoms with Gasteiger partial charge in [0, 0.05) is 44.5 Å². The van der Waals surface area contributed by atoms with Gasteiger partial charge in [-0.25, -0.2) is 9.37 Å². The summed E-state index contributed by atoms with van der Waals surface area (Å²) in [5.74, 6) is 2.04. The van der Waals surface area contributed by atoms with Crippen LogP contribution in [0.5, 0.6) is 11.6 Å². The van der Waals surface area contributed by atoms with Crippen molar-refractivity contribution >= 4 is 17.7 Å². The Hall–Kier alpha value is -3.53. The van der Waals surface area contributed by atoms with Gasteiger partial charge in [0.25, 0.3) is 0 Å². The van der Waals surface area contributed by atoms with Crippen LogP contribution in [0.4, 0.5) is 16.2 Å². The first-order chi connectivity index (χ1) is 14.5. The first-order valence-corrected chi connectivity index (χ1v) is 9.52. The quantitative estimate of drug-likeness (QED) is 0.660. The van der Waals surface area contributed by atoms with Gasteiger partial charge in [0.15, 0.2) is 5.82 Å². The van der Waals surface area contributed by atoms with E-state index in [0.29, 0.717) is 55.3 Å². The van der Waals surface area contributed by atoms with Crippen molar-refractivity contribution in [3.05, 3.63) is 54.2 Å². The van der Waals surface area contributed by atoms with Crippen molar-refractivity contribution < 1.29 is 18.4 Å².